The Bertz CT molecular complexity index is 480. The van der Waals surface area contributed by atoms with E-state index >= 15 is 0 Å². The van der Waals surface area contributed by atoms with Gasteiger partial charge in [-0.15, -0.1) is 24.0 Å². The van der Waals surface area contributed by atoms with E-state index in [0.717, 1.165) is 39.3 Å². The van der Waals surface area contributed by atoms with Gasteiger partial charge < -0.3 is 15.4 Å². The lowest BCUT2D eigenvalue weighted by Gasteiger charge is -2.35. The molecule has 7 nitrogen and oxygen atoms in total. The summed E-state index contributed by atoms with van der Waals surface area (Å²) in [4.78, 5) is 6.65. The standard InChI is InChI=1S/C16H34N4O3S.HI/c1-5-24(21,22)11-6-18-16(17-4)19-13-15(12-14(2)3)20-7-9-23-10-8-20;/h14-15H,5-13H2,1-4H3,(H2,17,18,19);1H. The summed E-state index contributed by atoms with van der Waals surface area (Å²) < 4.78 is 28.5. The topological polar surface area (TPSA) is 83.0 Å². The lowest BCUT2D eigenvalue weighted by atomic mass is 10.0. The quantitative estimate of drug-likeness (QED) is 0.285. The average molecular weight is 490 g/mol. The van der Waals surface area contributed by atoms with Gasteiger partial charge in [0.1, 0.15) is 0 Å². The van der Waals surface area contributed by atoms with Crippen molar-refractivity contribution < 1.29 is 13.2 Å². The first-order valence-corrected chi connectivity index (χ1v) is 10.7. The Kier molecular flexibility index (Phi) is 13.0. The van der Waals surface area contributed by atoms with Gasteiger partial charge in [-0.1, -0.05) is 20.8 Å². The highest BCUT2D eigenvalue weighted by Gasteiger charge is 2.22. The van der Waals surface area contributed by atoms with Gasteiger partial charge in [-0.3, -0.25) is 9.89 Å². The molecule has 0 amide bonds. The Labute approximate surface area is 170 Å². The van der Waals surface area contributed by atoms with Crippen LogP contribution in [0.5, 0.6) is 0 Å². The number of rotatable bonds is 9. The van der Waals surface area contributed by atoms with Crippen LogP contribution in [0.25, 0.3) is 0 Å². The number of guanidine groups is 1. The SMILES string of the molecule is CCS(=O)(=O)CCNC(=NC)NCC(CC(C)C)N1CCOCC1.I. The van der Waals surface area contributed by atoms with E-state index in [4.69, 9.17) is 4.74 Å². The molecule has 0 radical (unpaired) electrons. The van der Waals surface area contributed by atoms with Crippen molar-refractivity contribution in [3.05, 3.63) is 0 Å². The van der Waals surface area contributed by atoms with Crippen molar-refractivity contribution in [1.82, 2.24) is 15.5 Å². The van der Waals surface area contributed by atoms with Gasteiger partial charge in [0.15, 0.2) is 15.8 Å². The van der Waals surface area contributed by atoms with Crippen LogP contribution < -0.4 is 10.6 Å². The van der Waals surface area contributed by atoms with Gasteiger partial charge in [-0.2, -0.15) is 0 Å². The number of morpholine rings is 1. The molecule has 9 heteroatoms. The molecule has 0 aromatic rings. The van der Waals surface area contributed by atoms with Gasteiger partial charge in [-0.05, 0) is 12.3 Å². The number of nitrogens with zero attached hydrogens (tertiary/aromatic N) is 2. The van der Waals surface area contributed by atoms with Crippen molar-refractivity contribution in [2.75, 3.05) is 57.9 Å². The number of halogens is 1. The highest BCUT2D eigenvalue weighted by Crippen LogP contribution is 2.12. The molecule has 0 bridgehead atoms. The second kappa shape index (κ2) is 13.1. The van der Waals surface area contributed by atoms with Crippen LogP contribution in [-0.2, 0) is 14.6 Å². The van der Waals surface area contributed by atoms with E-state index in [1.54, 1.807) is 14.0 Å². The van der Waals surface area contributed by atoms with Crippen LogP contribution >= 0.6 is 24.0 Å². The van der Waals surface area contributed by atoms with Crippen molar-refractivity contribution in [2.45, 2.75) is 33.2 Å². The Morgan fingerprint density at radius 1 is 1.24 bits per heavy atom. The Hall–Kier alpha value is -0.130. The van der Waals surface area contributed by atoms with Crippen molar-refractivity contribution in [2.24, 2.45) is 10.9 Å². The fourth-order valence-corrected chi connectivity index (χ4v) is 3.45. The third-order valence-electron chi connectivity index (χ3n) is 4.18. The van der Waals surface area contributed by atoms with Gasteiger partial charge in [0.25, 0.3) is 0 Å². The third-order valence-corrected chi connectivity index (χ3v) is 5.89. The van der Waals surface area contributed by atoms with Crippen LogP contribution in [0.3, 0.4) is 0 Å². The molecule has 1 unspecified atom stereocenters. The Balaban J connectivity index is 0.00000576. The normalized spacial score (nSPS) is 17.9. The molecular weight excluding hydrogens is 455 g/mol. The van der Waals surface area contributed by atoms with Crippen LogP contribution in [0.4, 0.5) is 0 Å². The number of hydrogen-bond donors (Lipinski definition) is 2. The molecule has 0 spiro atoms. The van der Waals surface area contributed by atoms with Crippen LogP contribution in [0.2, 0.25) is 0 Å². The van der Waals surface area contributed by atoms with E-state index in [9.17, 15) is 8.42 Å². The van der Waals surface area contributed by atoms with Crippen LogP contribution in [-0.4, -0.2) is 83.3 Å². The highest BCUT2D eigenvalue weighted by molar-refractivity contribution is 14.0. The summed E-state index contributed by atoms with van der Waals surface area (Å²) in [5, 5.41) is 6.43. The fourth-order valence-electron chi connectivity index (χ4n) is 2.75. The largest absolute Gasteiger partial charge is 0.379 e. The summed E-state index contributed by atoms with van der Waals surface area (Å²) in [5.41, 5.74) is 0. The molecule has 1 aliphatic rings. The van der Waals surface area contributed by atoms with Crippen LogP contribution in [0, 0.1) is 5.92 Å². The molecule has 1 heterocycles. The molecule has 150 valence electrons. The van der Waals surface area contributed by atoms with E-state index < -0.39 is 9.84 Å². The zero-order valence-corrected chi connectivity index (χ0v) is 19.1. The van der Waals surface area contributed by atoms with Crippen molar-refractivity contribution in [1.29, 1.82) is 0 Å². The van der Waals surface area contributed by atoms with E-state index in [-0.39, 0.29) is 35.5 Å². The minimum atomic E-state index is -2.96. The maximum atomic E-state index is 11.5. The molecule has 0 saturated carbocycles. The number of sulfone groups is 1. The predicted octanol–water partition coefficient (Wildman–Crippen LogP) is 0.951. The summed E-state index contributed by atoms with van der Waals surface area (Å²) in [6.07, 6.45) is 1.11. The van der Waals surface area contributed by atoms with Crippen molar-refractivity contribution in [3.8, 4) is 0 Å². The van der Waals surface area contributed by atoms with Gasteiger partial charge in [0.05, 0.1) is 19.0 Å². The lowest BCUT2D eigenvalue weighted by Crippen LogP contribution is -2.51. The predicted molar refractivity (Wildman–Crippen MR) is 115 cm³/mol. The molecule has 1 atom stereocenters. The third kappa shape index (κ3) is 10.6. The molecule has 1 rings (SSSR count). The summed E-state index contributed by atoms with van der Waals surface area (Å²) in [5.74, 6) is 1.57. The first-order chi connectivity index (χ1) is 11.4. The number of ether oxygens (including phenoxy) is 1. The number of nitrogens with one attached hydrogen (secondary N) is 2. The van der Waals surface area contributed by atoms with Crippen molar-refractivity contribution >= 4 is 39.8 Å². The highest BCUT2D eigenvalue weighted by atomic mass is 127. The van der Waals surface area contributed by atoms with E-state index in [1.165, 1.54) is 0 Å². The van der Waals surface area contributed by atoms with Crippen LogP contribution in [0.15, 0.2) is 4.99 Å². The minimum Gasteiger partial charge on any atom is -0.379 e. The monoisotopic (exact) mass is 490 g/mol. The maximum absolute atomic E-state index is 11.5. The maximum Gasteiger partial charge on any atom is 0.191 e. The molecular formula is C16H35IN4O3S. The smallest absolute Gasteiger partial charge is 0.191 e. The molecule has 1 aliphatic heterocycles. The first-order valence-electron chi connectivity index (χ1n) is 8.84. The molecule has 1 saturated heterocycles. The molecule has 0 aliphatic carbocycles. The van der Waals surface area contributed by atoms with E-state index in [1.807, 2.05) is 0 Å². The first kappa shape index (κ1) is 24.9. The summed E-state index contributed by atoms with van der Waals surface area (Å²) >= 11 is 0. The van der Waals surface area contributed by atoms with E-state index in [0.29, 0.717) is 24.5 Å². The summed E-state index contributed by atoms with van der Waals surface area (Å²) in [6, 6.07) is 0.423. The lowest BCUT2D eigenvalue weighted by molar-refractivity contribution is 0.0132. The second-order valence-corrected chi connectivity index (χ2v) is 9.02. The second-order valence-electron chi connectivity index (χ2n) is 6.55. The molecule has 25 heavy (non-hydrogen) atoms. The number of hydrogen-bond acceptors (Lipinski definition) is 5. The summed E-state index contributed by atoms with van der Waals surface area (Å²) in [6.45, 7) is 10.8. The fraction of sp³-hybridized carbons (Fsp3) is 0.938. The summed E-state index contributed by atoms with van der Waals surface area (Å²) in [7, 11) is -1.25. The van der Waals surface area contributed by atoms with Gasteiger partial charge in [0, 0.05) is 45.0 Å². The van der Waals surface area contributed by atoms with Crippen molar-refractivity contribution in [3.63, 3.8) is 0 Å². The Morgan fingerprint density at radius 2 is 1.88 bits per heavy atom. The van der Waals surface area contributed by atoms with E-state index in [2.05, 4.69) is 34.4 Å². The zero-order valence-electron chi connectivity index (χ0n) is 16.0. The average Bonchev–Trinajstić information content (AvgIpc) is 2.57. The molecule has 1 fully saturated rings. The van der Waals surface area contributed by atoms with Crippen LogP contribution in [0.1, 0.15) is 27.2 Å². The molecule has 0 aromatic heterocycles. The molecule has 2 N–H and O–H groups in total. The van der Waals surface area contributed by atoms with Gasteiger partial charge in [-0.25, -0.2) is 8.42 Å². The minimum absolute atomic E-state index is 0. The van der Waals surface area contributed by atoms with Gasteiger partial charge in [0.2, 0.25) is 0 Å². The number of aliphatic imine (C=N–C) groups is 1. The zero-order chi connectivity index (χ0) is 18.0. The Morgan fingerprint density at radius 3 is 2.40 bits per heavy atom. The molecule has 0 aromatic carbocycles. The van der Waals surface area contributed by atoms with Gasteiger partial charge >= 0.3 is 0 Å².